The van der Waals surface area contributed by atoms with Gasteiger partial charge in [0.1, 0.15) is 0 Å². The van der Waals surface area contributed by atoms with Crippen LogP contribution in [0, 0.1) is 17.8 Å². The first-order valence-electron chi connectivity index (χ1n) is 4.36. The highest BCUT2D eigenvalue weighted by atomic mass is 15.0. The average molecular weight is 141 g/mol. The van der Waals surface area contributed by atoms with Crippen LogP contribution in [-0.4, -0.2) is 12.6 Å². The average Bonchev–Trinajstić information content (AvgIpc) is 1.56. The first-order chi connectivity index (χ1) is 4.63. The number of hydrogen-bond acceptors (Lipinski definition) is 1. The summed E-state index contributed by atoms with van der Waals surface area (Å²) in [6.45, 7) is 10.5. The van der Waals surface area contributed by atoms with Gasteiger partial charge in [0.2, 0.25) is 0 Å². The lowest BCUT2D eigenvalue weighted by Gasteiger charge is -2.43. The summed E-state index contributed by atoms with van der Waals surface area (Å²) in [6, 6.07) is 0.792. The number of rotatable bonds is 2. The minimum absolute atomic E-state index is 0.792. The van der Waals surface area contributed by atoms with Crippen molar-refractivity contribution in [3.8, 4) is 0 Å². The van der Waals surface area contributed by atoms with Crippen molar-refractivity contribution in [2.45, 2.75) is 33.7 Å². The third kappa shape index (κ3) is 1.34. The fraction of sp³-hybridized carbons (Fsp3) is 1.00. The smallest absolute Gasteiger partial charge is 0.0133 e. The van der Waals surface area contributed by atoms with Crippen LogP contribution < -0.4 is 5.32 Å². The molecule has 0 aromatic carbocycles. The van der Waals surface area contributed by atoms with E-state index in [1.54, 1.807) is 0 Å². The predicted molar refractivity (Wildman–Crippen MR) is 45.0 cm³/mol. The molecule has 1 rings (SSSR count). The van der Waals surface area contributed by atoms with Gasteiger partial charge in [-0.1, -0.05) is 27.7 Å². The number of hydrogen-bond donors (Lipinski definition) is 1. The van der Waals surface area contributed by atoms with Crippen LogP contribution in [0.5, 0.6) is 0 Å². The molecule has 0 radical (unpaired) electrons. The maximum absolute atomic E-state index is 3.48. The molecule has 0 aromatic heterocycles. The molecule has 1 heteroatoms. The van der Waals surface area contributed by atoms with Crippen LogP contribution in [-0.2, 0) is 0 Å². The van der Waals surface area contributed by atoms with Gasteiger partial charge in [0, 0.05) is 6.04 Å². The van der Waals surface area contributed by atoms with Crippen molar-refractivity contribution >= 4 is 0 Å². The van der Waals surface area contributed by atoms with Crippen molar-refractivity contribution in [1.82, 2.24) is 5.32 Å². The summed E-state index contributed by atoms with van der Waals surface area (Å²) < 4.78 is 0. The van der Waals surface area contributed by atoms with Crippen molar-refractivity contribution in [2.75, 3.05) is 6.54 Å². The molecule has 60 valence electrons. The van der Waals surface area contributed by atoms with Crippen LogP contribution in [0.25, 0.3) is 0 Å². The summed E-state index contributed by atoms with van der Waals surface area (Å²) in [5, 5.41) is 3.48. The zero-order valence-electron chi connectivity index (χ0n) is 7.52. The topological polar surface area (TPSA) is 12.0 Å². The van der Waals surface area contributed by atoms with Gasteiger partial charge in [0.05, 0.1) is 0 Å². The van der Waals surface area contributed by atoms with Crippen molar-refractivity contribution in [3.63, 3.8) is 0 Å². The molecule has 0 amide bonds. The van der Waals surface area contributed by atoms with Crippen LogP contribution in [0.4, 0.5) is 0 Å². The third-order valence-electron chi connectivity index (χ3n) is 2.63. The van der Waals surface area contributed by atoms with E-state index in [-0.39, 0.29) is 0 Å². The van der Waals surface area contributed by atoms with Crippen LogP contribution >= 0.6 is 0 Å². The predicted octanol–water partition coefficient (Wildman–Crippen LogP) is 1.89. The Kier molecular flexibility index (Phi) is 2.35. The van der Waals surface area contributed by atoms with Crippen molar-refractivity contribution < 1.29 is 0 Å². The van der Waals surface area contributed by atoms with E-state index in [1.165, 1.54) is 6.54 Å². The number of nitrogens with one attached hydrogen (secondary N) is 1. The van der Waals surface area contributed by atoms with Crippen molar-refractivity contribution in [3.05, 3.63) is 0 Å². The van der Waals surface area contributed by atoms with Crippen molar-refractivity contribution in [2.24, 2.45) is 17.8 Å². The lowest BCUT2D eigenvalue weighted by molar-refractivity contribution is 0.131. The highest BCUT2D eigenvalue weighted by molar-refractivity contribution is 4.91. The lowest BCUT2D eigenvalue weighted by atomic mass is 9.77. The van der Waals surface area contributed by atoms with Gasteiger partial charge in [-0.3, -0.25) is 0 Å². The minimum Gasteiger partial charge on any atom is -0.313 e. The molecule has 1 heterocycles. The summed E-state index contributed by atoms with van der Waals surface area (Å²) in [6.07, 6.45) is 0. The first-order valence-corrected chi connectivity index (χ1v) is 4.36. The van der Waals surface area contributed by atoms with Crippen LogP contribution in [0.2, 0.25) is 0 Å². The largest absolute Gasteiger partial charge is 0.313 e. The van der Waals surface area contributed by atoms with Gasteiger partial charge in [-0.15, -0.1) is 0 Å². The molecule has 0 aromatic rings. The normalized spacial score (nSPS) is 33.0. The van der Waals surface area contributed by atoms with E-state index in [9.17, 15) is 0 Å². The molecule has 1 aliphatic heterocycles. The second kappa shape index (κ2) is 2.91. The van der Waals surface area contributed by atoms with Crippen molar-refractivity contribution in [1.29, 1.82) is 0 Å². The second-order valence-corrected chi connectivity index (χ2v) is 4.09. The zero-order valence-corrected chi connectivity index (χ0v) is 7.52. The molecule has 1 N–H and O–H groups in total. The van der Waals surface area contributed by atoms with E-state index in [4.69, 9.17) is 0 Å². The Morgan fingerprint density at radius 1 is 1.10 bits per heavy atom. The highest BCUT2D eigenvalue weighted by Gasteiger charge is 2.34. The quantitative estimate of drug-likeness (QED) is 0.619. The summed E-state index contributed by atoms with van der Waals surface area (Å²) in [5.74, 6) is 2.59. The molecule has 0 spiro atoms. The van der Waals surface area contributed by atoms with Gasteiger partial charge in [-0.25, -0.2) is 0 Å². The fourth-order valence-electron chi connectivity index (χ4n) is 1.77. The van der Waals surface area contributed by atoms with E-state index in [0.29, 0.717) is 0 Å². The maximum Gasteiger partial charge on any atom is 0.0133 e. The zero-order chi connectivity index (χ0) is 7.72. The van der Waals surface area contributed by atoms with Crippen LogP contribution in [0.15, 0.2) is 0 Å². The molecule has 0 unspecified atom stereocenters. The molecule has 0 bridgehead atoms. The standard InChI is InChI=1S/C9H19N/c1-6(2)8-5-10-9(8)7(3)4/h6-10H,5H2,1-4H3/t8-,9-/m1/s1. The second-order valence-electron chi connectivity index (χ2n) is 4.09. The van der Waals surface area contributed by atoms with E-state index in [0.717, 1.165) is 23.8 Å². The minimum atomic E-state index is 0.792. The van der Waals surface area contributed by atoms with Gasteiger partial charge >= 0.3 is 0 Å². The van der Waals surface area contributed by atoms with E-state index in [2.05, 4.69) is 33.0 Å². The molecule has 2 atom stereocenters. The van der Waals surface area contributed by atoms with Crippen LogP contribution in [0.3, 0.4) is 0 Å². The summed E-state index contributed by atoms with van der Waals surface area (Å²) in [7, 11) is 0. The van der Waals surface area contributed by atoms with Gasteiger partial charge in [-0.05, 0) is 24.3 Å². The fourth-order valence-corrected chi connectivity index (χ4v) is 1.77. The molecular formula is C9H19N. The Hall–Kier alpha value is -0.0400. The summed E-state index contributed by atoms with van der Waals surface area (Å²) in [4.78, 5) is 0. The molecule has 10 heavy (non-hydrogen) atoms. The Labute approximate surface area is 64.2 Å². The molecule has 1 aliphatic rings. The van der Waals surface area contributed by atoms with Gasteiger partial charge < -0.3 is 5.32 Å². The Morgan fingerprint density at radius 3 is 1.80 bits per heavy atom. The Balaban J connectivity index is 2.36. The highest BCUT2D eigenvalue weighted by Crippen LogP contribution is 2.26. The van der Waals surface area contributed by atoms with E-state index in [1.807, 2.05) is 0 Å². The molecule has 0 aliphatic carbocycles. The molecule has 1 fully saturated rings. The van der Waals surface area contributed by atoms with Gasteiger partial charge in [-0.2, -0.15) is 0 Å². The molecule has 0 saturated carbocycles. The van der Waals surface area contributed by atoms with Gasteiger partial charge in [0.25, 0.3) is 0 Å². The van der Waals surface area contributed by atoms with E-state index >= 15 is 0 Å². The van der Waals surface area contributed by atoms with E-state index < -0.39 is 0 Å². The van der Waals surface area contributed by atoms with Crippen LogP contribution in [0.1, 0.15) is 27.7 Å². The summed E-state index contributed by atoms with van der Waals surface area (Å²) in [5.41, 5.74) is 0. The Bertz CT molecular complexity index is 93.3. The van der Waals surface area contributed by atoms with Gasteiger partial charge in [0.15, 0.2) is 0 Å². The maximum atomic E-state index is 3.48. The first kappa shape index (κ1) is 8.06. The monoisotopic (exact) mass is 141 g/mol. The molecular weight excluding hydrogens is 122 g/mol. The summed E-state index contributed by atoms with van der Waals surface area (Å²) >= 11 is 0. The third-order valence-corrected chi connectivity index (χ3v) is 2.63. The Morgan fingerprint density at radius 2 is 1.70 bits per heavy atom. The molecule has 1 saturated heterocycles. The lowest BCUT2D eigenvalue weighted by Crippen LogP contribution is -2.57. The SMILES string of the molecule is CC(C)[C@H]1CN[C@@H]1C(C)C. The molecule has 1 nitrogen and oxygen atoms in total.